The average Bonchev–Trinajstić information content (AvgIpc) is 3.70. The topological polar surface area (TPSA) is 126 Å². The number of carboxylic acid groups (broad SMARTS) is 1. The van der Waals surface area contributed by atoms with Gasteiger partial charge in [-0.15, -0.1) is 0 Å². The Bertz CT molecular complexity index is 1430. The first-order valence-corrected chi connectivity index (χ1v) is 12.3. The lowest BCUT2D eigenvalue weighted by atomic mass is 9.94. The Morgan fingerprint density at radius 3 is 2.65 bits per heavy atom. The zero-order valence-electron chi connectivity index (χ0n) is 20.5. The molecular formula is C27H29FN4O5. The third-order valence-corrected chi connectivity index (χ3v) is 7.23. The molecule has 2 amide bonds. The van der Waals surface area contributed by atoms with Crippen LogP contribution in [0.4, 0.5) is 9.18 Å². The van der Waals surface area contributed by atoms with Gasteiger partial charge in [-0.1, -0.05) is 6.07 Å². The van der Waals surface area contributed by atoms with Crippen molar-refractivity contribution >= 4 is 22.8 Å². The number of carbonyl (C=O) groups is 2. The number of fused-ring (bicyclic) bond motifs is 1. The highest BCUT2D eigenvalue weighted by atomic mass is 19.1. The number of piperazine rings is 1. The molecule has 1 saturated heterocycles. The molecule has 5 rings (SSSR count). The Balaban J connectivity index is 1.50. The number of aliphatic hydroxyl groups excluding tert-OH is 1. The van der Waals surface area contributed by atoms with E-state index in [4.69, 9.17) is 0 Å². The first-order valence-electron chi connectivity index (χ1n) is 12.3. The van der Waals surface area contributed by atoms with E-state index in [1.165, 1.54) is 11.0 Å². The van der Waals surface area contributed by atoms with Crippen LogP contribution in [0.3, 0.4) is 0 Å². The molecule has 0 spiro atoms. The molecule has 10 heteroatoms. The van der Waals surface area contributed by atoms with E-state index in [9.17, 15) is 29.0 Å². The highest BCUT2D eigenvalue weighted by Gasteiger charge is 2.30. The molecule has 1 aliphatic heterocycles. The lowest BCUT2D eigenvalue weighted by Crippen LogP contribution is -2.55. The minimum atomic E-state index is -1.06. The van der Waals surface area contributed by atoms with E-state index in [-0.39, 0.29) is 36.2 Å². The number of pyridine rings is 1. The number of amides is 2. The third kappa shape index (κ3) is 5.07. The van der Waals surface area contributed by atoms with E-state index in [1.807, 2.05) is 11.0 Å². The van der Waals surface area contributed by atoms with Crippen molar-refractivity contribution in [3.63, 3.8) is 0 Å². The monoisotopic (exact) mass is 508 g/mol. The van der Waals surface area contributed by atoms with Crippen molar-refractivity contribution in [1.29, 1.82) is 0 Å². The fourth-order valence-electron chi connectivity index (χ4n) is 4.93. The number of nitrogens with one attached hydrogen (secondary N) is 2. The number of hydrogen-bond donors (Lipinski definition) is 4. The summed E-state index contributed by atoms with van der Waals surface area (Å²) in [5, 5.41) is 23.1. The van der Waals surface area contributed by atoms with Gasteiger partial charge in [-0.3, -0.25) is 14.5 Å². The minimum Gasteiger partial charge on any atom is -0.465 e. The zero-order chi connectivity index (χ0) is 26.3. The Kier molecular flexibility index (Phi) is 6.70. The van der Waals surface area contributed by atoms with E-state index in [0.717, 1.165) is 18.4 Å². The fraction of sp³-hybridized carbons (Fsp3) is 0.370. The molecule has 2 heterocycles. The molecule has 37 heavy (non-hydrogen) atoms. The normalized spacial score (nSPS) is 18.2. The first kappa shape index (κ1) is 24.9. The Hall–Kier alpha value is -3.76. The fourth-order valence-corrected chi connectivity index (χ4v) is 4.93. The van der Waals surface area contributed by atoms with E-state index in [1.54, 1.807) is 31.3 Å². The van der Waals surface area contributed by atoms with Crippen molar-refractivity contribution in [3.8, 4) is 11.1 Å². The van der Waals surface area contributed by atoms with Crippen LogP contribution >= 0.6 is 0 Å². The first-order chi connectivity index (χ1) is 17.7. The number of nitrogens with zero attached hydrogens (tertiary/aromatic N) is 2. The van der Waals surface area contributed by atoms with Crippen molar-refractivity contribution in [2.24, 2.45) is 0 Å². The number of aliphatic hydroxyl groups is 1. The molecule has 1 aromatic heterocycles. The number of carbonyl (C=O) groups excluding carboxylic acids is 1. The molecular weight excluding hydrogens is 479 g/mol. The second-order valence-electron chi connectivity index (χ2n) is 9.83. The standard InChI is InChI=1S/C27H29FN4O5/c1-15-22(9-17(10-24(15)28)25(34)30-19-3-4-19)16-2-5-21-23(8-16)18(11-29-26(21)35)12-31-6-7-32(27(36)37)20(13-31)14-33/h2,5,8-11,19-20,33H,3-4,6-7,12-14H2,1H3,(H,29,35)(H,30,34)(H,36,37). The van der Waals surface area contributed by atoms with Gasteiger partial charge in [-0.05, 0) is 71.7 Å². The number of benzene rings is 2. The summed E-state index contributed by atoms with van der Waals surface area (Å²) in [7, 11) is 0. The molecule has 2 aromatic carbocycles. The smallest absolute Gasteiger partial charge is 0.407 e. The Labute approximate surface area is 212 Å². The van der Waals surface area contributed by atoms with Gasteiger partial charge in [0.05, 0.1) is 12.6 Å². The molecule has 4 N–H and O–H groups in total. The number of rotatable bonds is 6. The second kappa shape index (κ2) is 9.95. The lowest BCUT2D eigenvalue weighted by molar-refractivity contribution is 0.0388. The molecule has 0 bridgehead atoms. The summed E-state index contributed by atoms with van der Waals surface area (Å²) in [4.78, 5) is 42.7. The molecule has 1 aliphatic carbocycles. The predicted octanol–water partition coefficient (Wildman–Crippen LogP) is 2.69. The number of hydrogen-bond acceptors (Lipinski definition) is 5. The van der Waals surface area contributed by atoms with Crippen LogP contribution in [0.15, 0.2) is 41.3 Å². The summed E-state index contributed by atoms with van der Waals surface area (Å²) in [6.07, 6.45) is 2.44. The van der Waals surface area contributed by atoms with E-state index in [0.29, 0.717) is 47.1 Å². The van der Waals surface area contributed by atoms with Crippen molar-refractivity contribution in [2.75, 3.05) is 26.2 Å². The molecule has 1 unspecified atom stereocenters. The highest BCUT2D eigenvalue weighted by Crippen LogP contribution is 2.31. The summed E-state index contributed by atoms with van der Waals surface area (Å²) in [5.74, 6) is -0.782. The molecule has 0 radical (unpaired) electrons. The summed E-state index contributed by atoms with van der Waals surface area (Å²) in [5.41, 5.74) is 2.48. The summed E-state index contributed by atoms with van der Waals surface area (Å²) < 4.78 is 14.9. The Morgan fingerprint density at radius 1 is 1.16 bits per heavy atom. The van der Waals surface area contributed by atoms with Gasteiger partial charge in [0.2, 0.25) is 0 Å². The predicted molar refractivity (Wildman–Crippen MR) is 136 cm³/mol. The quantitative estimate of drug-likeness (QED) is 0.406. The van der Waals surface area contributed by atoms with Gasteiger partial charge in [-0.25, -0.2) is 9.18 Å². The minimum absolute atomic E-state index is 0.151. The van der Waals surface area contributed by atoms with E-state index in [2.05, 4.69) is 10.3 Å². The number of halogens is 1. The average molecular weight is 509 g/mol. The van der Waals surface area contributed by atoms with Crippen LogP contribution in [0.5, 0.6) is 0 Å². The van der Waals surface area contributed by atoms with E-state index < -0.39 is 18.0 Å². The van der Waals surface area contributed by atoms with Gasteiger partial charge in [0.25, 0.3) is 11.5 Å². The maximum atomic E-state index is 14.9. The molecule has 1 atom stereocenters. The number of aromatic amines is 1. The molecule has 2 aliphatic rings. The van der Waals surface area contributed by atoms with Crippen LogP contribution in [0.2, 0.25) is 0 Å². The summed E-state index contributed by atoms with van der Waals surface area (Å²) in [6, 6.07) is 7.83. The van der Waals surface area contributed by atoms with Gasteiger partial charge in [-0.2, -0.15) is 0 Å². The van der Waals surface area contributed by atoms with Gasteiger partial charge in [0, 0.05) is 49.4 Å². The molecule has 3 aromatic rings. The van der Waals surface area contributed by atoms with Gasteiger partial charge in [0.15, 0.2) is 0 Å². The maximum Gasteiger partial charge on any atom is 0.407 e. The van der Waals surface area contributed by atoms with Crippen LogP contribution in [-0.2, 0) is 6.54 Å². The van der Waals surface area contributed by atoms with E-state index >= 15 is 0 Å². The van der Waals surface area contributed by atoms with Crippen molar-refractivity contribution < 1.29 is 24.2 Å². The number of H-pyrrole nitrogens is 1. The second-order valence-corrected chi connectivity index (χ2v) is 9.83. The Morgan fingerprint density at radius 2 is 1.95 bits per heavy atom. The molecule has 1 saturated carbocycles. The number of aromatic nitrogens is 1. The maximum absolute atomic E-state index is 14.9. The SMILES string of the molecule is Cc1c(F)cc(C(=O)NC2CC2)cc1-c1ccc2c(=O)[nH]cc(CN3CCN(C(=O)O)C(CO)C3)c2c1. The lowest BCUT2D eigenvalue weighted by Gasteiger charge is -2.39. The third-order valence-electron chi connectivity index (χ3n) is 7.23. The van der Waals surface area contributed by atoms with Crippen LogP contribution in [-0.4, -0.2) is 75.3 Å². The largest absolute Gasteiger partial charge is 0.465 e. The molecule has 2 fully saturated rings. The van der Waals surface area contributed by atoms with Crippen molar-refractivity contribution in [3.05, 3.63) is 69.4 Å². The van der Waals surface area contributed by atoms with Gasteiger partial charge >= 0.3 is 6.09 Å². The van der Waals surface area contributed by atoms with Crippen molar-refractivity contribution in [2.45, 2.75) is 38.4 Å². The highest BCUT2D eigenvalue weighted by molar-refractivity contribution is 5.97. The zero-order valence-corrected chi connectivity index (χ0v) is 20.5. The van der Waals surface area contributed by atoms with Crippen LogP contribution < -0.4 is 10.9 Å². The van der Waals surface area contributed by atoms with Crippen LogP contribution in [0.1, 0.15) is 34.3 Å². The van der Waals surface area contributed by atoms with Crippen LogP contribution in [0.25, 0.3) is 21.9 Å². The summed E-state index contributed by atoms with van der Waals surface area (Å²) in [6.45, 7) is 2.90. The molecule has 194 valence electrons. The summed E-state index contributed by atoms with van der Waals surface area (Å²) >= 11 is 0. The van der Waals surface area contributed by atoms with Gasteiger partial charge < -0.3 is 25.4 Å². The van der Waals surface area contributed by atoms with Crippen molar-refractivity contribution in [1.82, 2.24) is 20.1 Å². The molecule has 9 nitrogen and oxygen atoms in total. The van der Waals surface area contributed by atoms with Crippen LogP contribution in [0, 0.1) is 12.7 Å². The van der Waals surface area contributed by atoms with Gasteiger partial charge in [0.1, 0.15) is 5.82 Å².